The van der Waals surface area contributed by atoms with E-state index < -0.39 is 20.0 Å². The molecule has 1 amide bonds. The van der Waals surface area contributed by atoms with Crippen LogP contribution in [0.15, 0.2) is 12.2 Å². The Morgan fingerprint density at radius 1 is 0.688 bits per heavy atom. The number of nitrogens with zero attached hydrogens (tertiary/aromatic N) is 1. The van der Waals surface area contributed by atoms with Crippen molar-refractivity contribution in [2.24, 2.45) is 0 Å². The minimum Gasteiger partial charge on any atom is -0.391 e. The molecule has 0 aromatic heterocycles. The highest BCUT2D eigenvalue weighted by molar-refractivity contribution is 7.47. The van der Waals surface area contributed by atoms with Crippen LogP contribution in [0, 0.1) is 0 Å². The normalized spacial score (nSPS) is 14.7. The molecule has 3 N–H and O–H groups in total. The molecule has 8 nitrogen and oxygen atoms in total. The predicted octanol–water partition coefficient (Wildman–Crippen LogP) is 10.4. The molecular formula is C39H80N2O6P+. The monoisotopic (exact) mass is 704 g/mol. The van der Waals surface area contributed by atoms with E-state index in [9.17, 15) is 19.4 Å². The second-order valence-corrected chi connectivity index (χ2v) is 16.5. The zero-order valence-corrected chi connectivity index (χ0v) is 33.1. The van der Waals surface area contributed by atoms with Crippen LogP contribution in [0.5, 0.6) is 0 Å². The van der Waals surface area contributed by atoms with Gasteiger partial charge in [0.15, 0.2) is 0 Å². The van der Waals surface area contributed by atoms with Crippen molar-refractivity contribution < 1.29 is 32.9 Å². The number of unbranched alkanes of at least 4 members (excludes halogenated alkanes) is 21. The first-order valence-electron chi connectivity index (χ1n) is 20.1. The largest absolute Gasteiger partial charge is 0.472 e. The molecule has 0 heterocycles. The van der Waals surface area contributed by atoms with Crippen molar-refractivity contribution >= 4 is 13.7 Å². The number of hydrogen-bond donors (Lipinski definition) is 3. The maximum atomic E-state index is 12.8. The van der Waals surface area contributed by atoms with Gasteiger partial charge in [-0.25, -0.2) is 4.57 Å². The molecule has 3 atom stereocenters. The van der Waals surface area contributed by atoms with Crippen LogP contribution >= 0.6 is 7.82 Å². The maximum Gasteiger partial charge on any atom is 0.472 e. The molecule has 1 unspecified atom stereocenters. The summed E-state index contributed by atoms with van der Waals surface area (Å²) in [5, 5.41) is 13.8. The standard InChI is InChI=1S/C39H79N2O6P/c1-6-8-10-12-14-16-18-19-20-21-23-25-27-29-31-33-39(43)40-37(36-47-48(44,45)46-35-34-41(3,4)5)38(42)32-30-28-26-24-22-17-15-13-11-9-7-2/h22,24,37-38,42H,6-21,23,25-36H2,1-5H3,(H-,40,43,44,45)/p+1/b24-22+/t37-,38+/m0/s1. The molecule has 0 aliphatic heterocycles. The molecule has 0 aromatic carbocycles. The quantitative estimate of drug-likeness (QED) is 0.0260. The van der Waals surface area contributed by atoms with Gasteiger partial charge in [-0.2, -0.15) is 0 Å². The minimum absolute atomic E-state index is 0.0717. The number of hydrogen-bond acceptors (Lipinski definition) is 5. The third-order valence-corrected chi connectivity index (χ3v) is 10.00. The fraction of sp³-hybridized carbons (Fsp3) is 0.923. The molecule has 0 saturated heterocycles. The Kier molecular flexibility index (Phi) is 31.7. The molecule has 0 aromatic rings. The van der Waals surface area contributed by atoms with E-state index >= 15 is 0 Å². The number of likely N-dealkylation sites (N-methyl/N-ethyl adjacent to an activating group) is 1. The van der Waals surface area contributed by atoms with Gasteiger partial charge in [-0.1, -0.05) is 148 Å². The van der Waals surface area contributed by atoms with Gasteiger partial charge in [0.25, 0.3) is 0 Å². The molecule has 286 valence electrons. The number of phosphoric ester groups is 1. The van der Waals surface area contributed by atoms with Crippen molar-refractivity contribution in [2.45, 2.75) is 193 Å². The molecule has 0 spiro atoms. The summed E-state index contributed by atoms with van der Waals surface area (Å²) in [4.78, 5) is 23.0. The van der Waals surface area contributed by atoms with E-state index in [4.69, 9.17) is 9.05 Å². The number of nitrogens with one attached hydrogen (secondary N) is 1. The molecule has 0 aliphatic carbocycles. The first-order chi connectivity index (χ1) is 23.0. The summed E-state index contributed by atoms with van der Waals surface area (Å²) in [6, 6.07) is -0.769. The SMILES string of the molecule is CCCCCCC/C=C/CCCC[C@@H](O)[C@H](COP(=O)(O)OCC[N+](C)(C)C)NC(=O)CCCCCCCCCCCCCCCCC. The van der Waals surface area contributed by atoms with Crippen LogP contribution in [0.25, 0.3) is 0 Å². The first kappa shape index (κ1) is 47.2. The molecule has 48 heavy (non-hydrogen) atoms. The van der Waals surface area contributed by atoms with Gasteiger partial charge in [0, 0.05) is 6.42 Å². The van der Waals surface area contributed by atoms with Gasteiger partial charge in [-0.05, 0) is 38.5 Å². The first-order valence-corrected chi connectivity index (χ1v) is 21.5. The lowest BCUT2D eigenvalue weighted by Crippen LogP contribution is -2.46. The molecule has 0 fully saturated rings. The fourth-order valence-corrected chi connectivity index (χ4v) is 6.48. The maximum absolute atomic E-state index is 12.8. The van der Waals surface area contributed by atoms with Gasteiger partial charge >= 0.3 is 7.82 Å². The van der Waals surface area contributed by atoms with Crippen LogP contribution in [0.3, 0.4) is 0 Å². The van der Waals surface area contributed by atoms with Gasteiger partial charge in [0.05, 0.1) is 39.9 Å². The number of aliphatic hydroxyl groups is 1. The van der Waals surface area contributed by atoms with Crippen LogP contribution in [0.4, 0.5) is 0 Å². The Balaban J connectivity index is 4.43. The number of rotatable bonds is 36. The molecule has 9 heteroatoms. The van der Waals surface area contributed by atoms with E-state index in [1.807, 2.05) is 21.1 Å². The Bertz CT molecular complexity index is 804. The molecule has 0 radical (unpaired) electrons. The van der Waals surface area contributed by atoms with E-state index in [-0.39, 0.29) is 19.1 Å². The Morgan fingerprint density at radius 3 is 1.60 bits per heavy atom. The second kappa shape index (κ2) is 32.2. The average molecular weight is 704 g/mol. The topological polar surface area (TPSA) is 105 Å². The number of carbonyl (C=O) groups is 1. The summed E-state index contributed by atoms with van der Waals surface area (Å²) in [5.41, 5.74) is 0. The Morgan fingerprint density at radius 2 is 1.12 bits per heavy atom. The number of allylic oxidation sites excluding steroid dienone is 2. The second-order valence-electron chi connectivity index (χ2n) is 15.0. The average Bonchev–Trinajstić information content (AvgIpc) is 3.02. The summed E-state index contributed by atoms with van der Waals surface area (Å²) < 4.78 is 23.5. The van der Waals surface area contributed by atoms with Crippen molar-refractivity contribution in [3.8, 4) is 0 Å². The molecular weight excluding hydrogens is 623 g/mol. The van der Waals surface area contributed by atoms with E-state index in [2.05, 4.69) is 31.3 Å². The minimum atomic E-state index is -4.31. The van der Waals surface area contributed by atoms with E-state index in [0.717, 1.165) is 44.9 Å². The van der Waals surface area contributed by atoms with E-state index in [0.29, 0.717) is 23.9 Å². The van der Waals surface area contributed by atoms with Crippen molar-refractivity contribution in [3.63, 3.8) is 0 Å². The summed E-state index contributed by atoms with van der Waals surface area (Å²) in [5.74, 6) is -0.155. The van der Waals surface area contributed by atoms with Crippen LogP contribution in [-0.4, -0.2) is 73.4 Å². The summed E-state index contributed by atoms with van der Waals surface area (Å²) in [7, 11) is 1.60. The molecule has 0 bridgehead atoms. The Labute approximate surface area is 297 Å². The van der Waals surface area contributed by atoms with Crippen LogP contribution in [-0.2, 0) is 18.4 Å². The lowest BCUT2D eigenvalue weighted by atomic mass is 10.0. The molecule has 0 saturated carbocycles. The zero-order chi connectivity index (χ0) is 35.8. The van der Waals surface area contributed by atoms with Gasteiger partial charge in [-0.15, -0.1) is 0 Å². The predicted molar refractivity (Wildman–Crippen MR) is 203 cm³/mol. The number of aliphatic hydroxyl groups excluding tert-OH is 1. The summed E-state index contributed by atoms with van der Waals surface area (Å²) in [6.07, 6.45) is 33.8. The van der Waals surface area contributed by atoms with E-state index in [1.54, 1.807) is 0 Å². The summed E-state index contributed by atoms with van der Waals surface area (Å²) >= 11 is 0. The highest BCUT2D eigenvalue weighted by atomic mass is 31.2. The smallest absolute Gasteiger partial charge is 0.391 e. The van der Waals surface area contributed by atoms with Crippen LogP contribution in [0.1, 0.15) is 181 Å². The number of phosphoric acid groups is 1. The highest BCUT2D eigenvalue weighted by Gasteiger charge is 2.28. The lowest BCUT2D eigenvalue weighted by Gasteiger charge is -2.26. The van der Waals surface area contributed by atoms with Crippen molar-refractivity contribution in [1.29, 1.82) is 0 Å². The molecule has 0 rings (SSSR count). The number of carbonyl (C=O) groups excluding carboxylic acids is 1. The van der Waals surface area contributed by atoms with Crippen molar-refractivity contribution in [2.75, 3.05) is 40.9 Å². The van der Waals surface area contributed by atoms with Crippen molar-refractivity contribution in [1.82, 2.24) is 5.32 Å². The highest BCUT2D eigenvalue weighted by Crippen LogP contribution is 2.43. The number of amides is 1. The molecule has 0 aliphatic rings. The third kappa shape index (κ3) is 33.7. The summed E-state index contributed by atoms with van der Waals surface area (Å²) in [6.45, 7) is 4.84. The van der Waals surface area contributed by atoms with Gasteiger partial charge in [0.2, 0.25) is 5.91 Å². The van der Waals surface area contributed by atoms with Crippen LogP contribution in [0.2, 0.25) is 0 Å². The van der Waals surface area contributed by atoms with Crippen LogP contribution < -0.4 is 5.32 Å². The van der Waals surface area contributed by atoms with Gasteiger partial charge in [-0.3, -0.25) is 13.8 Å². The third-order valence-electron chi connectivity index (χ3n) is 9.01. The number of quaternary nitrogens is 1. The van der Waals surface area contributed by atoms with Gasteiger partial charge in [0.1, 0.15) is 13.2 Å². The fourth-order valence-electron chi connectivity index (χ4n) is 5.74. The zero-order valence-electron chi connectivity index (χ0n) is 32.2. The van der Waals surface area contributed by atoms with Crippen molar-refractivity contribution in [3.05, 3.63) is 12.2 Å². The lowest BCUT2D eigenvalue weighted by molar-refractivity contribution is -0.870. The van der Waals surface area contributed by atoms with Gasteiger partial charge < -0.3 is 19.8 Å². The van der Waals surface area contributed by atoms with E-state index in [1.165, 1.54) is 109 Å². The Hall–Kier alpha value is -0.760.